The molecule has 0 saturated carbocycles. The molecule has 6 heteroatoms. The van der Waals surface area contributed by atoms with Gasteiger partial charge in [0.15, 0.2) is 9.84 Å². The van der Waals surface area contributed by atoms with Gasteiger partial charge in [0.1, 0.15) is 0 Å². The van der Waals surface area contributed by atoms with Crippen molar-refractivity contribution in [3.8, 4) is 0 Å². The molecule has 4 nitrogen and oxygen atoms in total. The lowest BCUT2D eigenvalue weighted by Crippen LogP contribution is -2.41. The molecule has 1 aromatic rings. The zero-order valence-corrected chi connectivity index (χ0v) is 12.7. The number of rotatable bonds is 4. The molecular formula is C14H16ClNO3S. The molecule has 0 saturated heterocycles. The van der Waals surface area contributed by atoms with Crippen LogP contribution in [0.1, 0.15) is 19.8 Å². The van der Waals surface area contributed by atoms with E-state index in [-0.39, 0.29) is 11.7 Å². The van der Waals surface area contributed by atoms with Crippen molar-refractivity contribution in [2.24, 2.45) is 0 Å². The van der Waals surface area contributed by atoms with Gasteiger partial charge in [-0.1, -0.05) is 18.5 Å². The average molecular weight is 314 g/mol. The Morgan fingerprint density at radius 3 is 2.50 bits per heavy atom. The van der Waals surface area contributed by atoms with E-state index in [1.807, 2.05) is 6.92 Å². The summed E-state index contributed by atoms with van der Waals surface area (Å²) < 4.78 is 23.1. The summed E-state index contributed by atoms with van der Waals surface area (Å²) in [6.07, 6.45) is 2.66. The van der Waals surface area contributed by atoms with Crippen molar-refractivity contribution in [1.29, 1.82) is 0 Å². The molecule has 1 aromatic carbocycles. The Kier molecular flexibility index (Phi) is 4.50. The molecule has 108 valence electrons. The molecule has 1 aliphatic rings. The molecular weight excluding hydrogens is 298 g/mol. The molecule has 20 heavy (non-hydrogen) atoms. The van der Waals surface area contributed by atoms with E-state index in [1.165, 1.54) is 5.41 Å². The third kappa shape index (κ3) is 3.41. The van der Waals surface area contributed by atoms with Crippen LogP contribution in [0.2, 0.25) is 5.02 Å². The summed E-state index contributed by atoms with van der Waals surface area (Å²) in [6.45, 7) is 1.92. The van der Waals surface area contributed by atoms with E-state index in [0.29, 0.717) is 23.6 Å². The molecule has 0 fully saturated rings. The highest BCUT2D eigenvalue weighted by atomic mass is 35.5. The van der Waals surface area contributed by atoms with E-state index in [4.69, 9.17) is 11.6 Å². The van der Waals surface area contributed by atoms with E-state index in [9.17, 15) is 13.2 Å². The number of amides is 1. The second-order valence-electron chi connectivity index (χ2n) is 4.72. The Bertz CT molecular complexity index is 622. The summed E-state index contributed by atoms with van der Waals surface area (Å²) in [7, 11) is -3.21. The van der Waals surface area contributed by atoms with Crippen LogP contribution in [0.15, 0.2) is 35.7 Å². The van der Waals surface area contributed by atoms with Crippen molar-refractivity contribution < 1.29 is 13.2 Å². The standard InChI is InChI=1S/C14H16ClNO3S/c1-2-3-14(17)16(12-6-4-11(15)5-7-12)13-8-9-20(18,19)10-13/h4-9,13H,2-3,10H2,1H3/t13-/m0/s1. The smallest absolute Gasteiger partial charge is 0.227 e. The van der Waals surface area contributed by atoms with Gasteiger partial charge in [-0.25, -0.2) is 8.42 Å². The molecule has 0 aromatic heterocycles. The molecule has 1 aliphatic heterocycles. The highest BCUT2D eigenvalue weighted by Gasteiger charge is 2.30. The van der Waals surface area contributed by atoms with Crippen molar-refractivity contribution in [2.75, 3.05) is 10.7 Å². The molecule has 1 atom stereocenters. The number of carbonyl (C=O) groups is 1. The number of hydrogen-bond acceptors (Lipinski definition) is 3. The van der Waals surface area contributed by atoms with E-state index in [0.717, 1.165) is 0 Å². The molecule has 0 spiro atoms. The van der Waals surface area contributed by atoms with Gasteiger partial charge in [-0.15, -0.1) is 0 Å². The molecule has 1 amide bonds. The van der Waals surface area contributed by atoms with Gasteiger partial charge < -0.3 is 4.90 Å². The molecule has 0 bridgehead atoms. The molecule has 1 heterocycles. The minimum absolute atomic E-state index is 0.0644. The fraction of sp³-hybridized carbons (Fsp3) is 0.357. The largest absolute Gasteiger partial charge is 0.304 e. The molecule has 0 unspecified atom stereocenters. The lowest BCUT2D eigenvalue weighted by molar-refractivity contribution is -0.118. The van der Waals surface area contributed by atoms with Crippen LogP contribution in [0.4, 0.5) is 5.69 Å². The Hall–Kier alpha value is -1.33. The fourth-order valence-electron chi connectivity index (χ4n) is 2.18. The monoisotopic (exact) mass is 313 g/mol. The lowest BCUT2D eigenvalue weighted by atomic mass is 10.2. The molecule has 0 N–H and O–H groups in total. The number of anilines is 1. The van der Waals surface area contributed by atoms with E-state index in [2.05, 4.69) is 0 Å². The minimum Gasteiger partial charge on any atom is -0.304 e. The Morgan fingerprint density at radius 1 is 1.35 bits per heavy atom. The van der Waals surface area contributed by atoms with Crippen LogP contribution in [-0.4, -0.2) is 26.1 Å². The second kappa shape index (κ2) is 5.97. The molecule has 0 aliphatic carbocycles. The summed E-state index contributed by atoms with van der Waals surface area (Å²) in [5, 5.41) is 1.76. The fourth-order valence-corrected chi connectivity index (χ4v) is 3.57. The molecule has 2 rings (SSSR count). The summed E-state index contributed by atoms with van der Waals surface area (Å²) in [4.78, 5) is 13.8. The predicted octanol–water partition coefficient (Wildman–Crippen LogP) is 2.78. The predicted molar refractivity (Wildman–Crippen MR) is 80.6 cm³/mol. The first-order chi connectivity index (χ1) is 9.43. The van der Waals surface area contributed by atoms with Crippen LogP contribution in [0.25, 0.3) is 0 Å². The van der Waals surface area contributed by atoms with Crippen LogP contribution in [0.5, 0.6) is 0 Å². The van der Waals surface area contributed by atoms with Crippen LogP contribution < -0.4 is 4.90 Å². The maximum Gasteiger partial charge on any atom is 0.227 e. The van der Waals surface area contributed by atoms with E-state index in [1.54, 1.807) is 35.2 Å². The van der Waals surface area contributed by atoms with Gasteiger partial charge in [0.2, 0.25) is 5.91 Å². The first-order valence-electron chi connectivity index (χ1n) is 6.41. The van der Waals surface area contributed by atoms with Gasteiger partial charge in [-0.05, 0) is 36.8 Å². The normalized spacial score (nSPS) is 20.0. The molecule has 0 radical (unpaired) electrons. The minimum atomic E-state index is -3.21. The second-order valence-corrected chi connectivity index (χ2v) is 7.08. The zero-order chi connectivity index (χ0) is 14.8. The first kappa shape index (κ1) is 15.1. The number of benzene rings is 1. The Balaban J connectivity index is 2.33. The van der Waals surface area contributed by atoms with E-state index >= 15 is 0 Å². The summed E-state index contributed by atoms with van der Waals surface area (Å²) in [6, 6.07) is 6.40. The highest BCUT2D eigenvalue weighted by molar-refractivity contribution is 7.94. The van der Waals surface area contributed by atoms with Gasteiger partial charge >= 0.3 is 0 Å². The number of carbonyl (C=O) groups excluding carboxylic acids is 1. The number of nitrogens with zero attached hydrogens (tertiary/aromatic N) is 1. The summed E-state index contributed by atoms with van der Waals surface area (Å²) in [5.41, 5.74) is 0.666. The lowest BCUT2D eigenvalue weighted by Gasteiger charge is -2.27. The van der Waals surface area contributed by atoms with Gasteiger partial charge in [-0.2, -0.15) is 0 Å². The van der Waals surface area contributed by atoms with Crippen LogP contribution in [0, 0.1) is 0 Å². The van der Waals surface area contributed by atoms with Crippen molar-refractivity contribution in [3.05, 3.63) is 40.8 Å². The third-order valence-corrected chi connectivity index (χ3v) is 4.71. The third-order valence-electron chi connectivity index (χ3n) is 3.08. The van der Waals surface area contributed by atoms with Gasteiger partial charge in [0, 0.05) is 22.5 Å². The maximum absolute atomic E-state index is 12.3. The summed E-state index contributed by atoms with van der Waals surface area (Å²) in [5.74, 6) is -0.146. The maximum atomic E-state index is 12.3. The quantitative estimate of drug-likeness (QED) is 0.859. The number of sulfone groups is 1. The zero-order valence-electron chi connectivity index (χ0n) is 11.1. The van der Waals surface area contributed by atoms with Gasteiger partial charge in [0.05, 0.1) is 11.8 Å². The number of hydrogen-bond donors (Lipinski definition) is 0. The summed E-state index contributed by atoms with van der Waals surface area (Å²) >= 11 is 5.85. The Morgan fingerprint density at radius 2 is 2.00 bits per heavy atom. The Labute approximate surface area is 124 Å². The van der Waals surface area contributed by atoms with E-state index < -0.39 is 15.9 Å². The van der Waals surface area contributed by atoms with Crippen molar-refractivity contribution in [2.45, 2.75) is 25.8 Å². The van der Waals surface area contributed by atoms with Gasteiger partial charge in [0.25, 0.3) is 0 Å². The van der Waals surface area contributed by atoms with Gasteiger partial charge in [-0.3, -0.25) is 4.79 Å². The SMILES string of the molecule is CCCC(=O)N(c1ccc(Cl)cc1)[C@H]1C=CS(=O)(=O)C1. The topological polar surface area (TPSA) is 54.5 Å². The van der Waals surface area contributed by atoms with Crippen LogP contribution >= 0.6 is 11.6 Å². The van der Waals surface area contributed by atoms with Crippen molar-refractivity contribution in [3.63, 3.8) is 0 Å². The number of halogens is 1. The highest BCUT2D eigenvalue weighted by Crippen LogP contribution is 2.25. The van der Waals surface area contributed by atoms with Crippen LogP contribution in [0.3, 0.4) is 0 Å². The first-order valence-corrected chi connectivity index (χ1v) is 8.51. The van der Waals surface area contributed by atoms with Crippen LogP contribution in [-0.2, 0) is 14.6 Å². The average Bonchev–Trinajstić information content (AvgIpc) is 2.73. The van der Waals surface area contributed by atoms with Crippen molar-refractivity contribution in [1.82, 2.24) is 0 Å². The van der Waals surface area contributed by atoms with Crippen molar-refractivity contribution >= 4 is 33.0 Å².